The number of unbranched alkanes of at least 4 members (excludes halogenated alkanes) is 2. The molecule has 1 unspecified atom stereocenters. The van der Waals surface area contributed by atoms with Crippen molar-refractivity contribution >= 4 is 23.8 Å². The molecule has 0 spiro atoms. The maximum atomic E-state index is 12.4. The number of amides is 2. The zero-order valence-corrected chi connectivity index (χ0v) is 17.6. The van der Waals surface area contributed by atoms with Crippen LogP contribution >= 0.6 is 0 Å². The van der Waals surface area contributed by atoms with Crippen LogP contribution in [0.2, 0.25) is 0 Å². The molecule has 0 N–H and O–H groups in total. The Morgan fingerprint density at radius 1 is 1.04 bits per heavy atom. The third-order valence-electron chi connectivity index (χ3n) is 3.05. The number of allylic oxidation sites excluding steroid dienone is 2. The monoisotopic (exact) mass is 373 g/mol. The van der Waals surface area contributed by atoms with E-state index in [4.69, 9.17) is 0 Å². The van der Waals surface area contributed by atoms with E-state index >= 15 is 0 Å². The third-order valence-corrected chi connectivity index (χ3v) is 3.05. The molecule has 0 heterocycles. The summed E-state index contributed by atoms with van der Waals surface area (Å²) in [6, 6.07) is -1.64. The Morgan fingerprint density at radius 3 is 1.85 bits per heavy atom. The molecule has 0 aromatic heterocycles. The van der Waals surface area contributed by atoms with Crippen molar-refractivity contribution in [3.05, 3.63) is 37.1 Å². The van der Waals surface area contributed by atoms with E-state index in [0.717, 1.165) is 31.3 Å². The molecule has 138 valence electrons. The van der Waals surface area contributed by atoms with E-state index in [0.29, 0.717) is 17.7 Å². The topological polar surface area (TPSA) is 104 Å². The van der Waals surface area contributed by atoms with E-state index < -0.39 is 36.2 Å². The molecule has 0 rings (SSSR count). The van der Waals surface area contributed by atoms with Gasteiger partial charge in [-0.1, -0.05) is 45.4 Å². The van der Waals surface area contributed by atoms with Crippen molar-refractivity contribution in [2.24, 2.45) is 0 Å². The maximum Gasteiger partial charge on any atom is 1.00 e. The van der Waals surface area contributed by atoms with Gasteiger partial charge in [0.05, 0.1) is 6.26 Å². The minimum Gasteiger partial charge on any atom is -0.550 e. The Hall–Kier alpha value is -1.70. The van der Waals surface area contributed by atoms with E-state index in [1.165, 1.54) is 0 Å². The van der Waals surface area contributed by atoms with Crippen LogP contribution in [0.15, 0.2) is 37.1 Å². The summed E-state index contributed by atoms with van der Waals surface area (Å²) in [6.45, 7) is 7.03. The molecule has 0 aliphatic heterocycles. The Balaban J connectivity index is 0. The van der Waals surface area contributed by atoms with Crippen molar-refractivity contribution in [1.82, 2.24) is 4.90 Å². The van der Waals surface area contributed by atoms with Crippen molar-refractivity contribution < 1.29 is 58.6 Å². The van der Waals surface area contributed by atoms with Gasteiger partial charge in [-0.25, -0.2) is 4.79 Å². The molecule has 0 aromatic carbocycles. The molecule has 0 aromatic rings. The smallest absolute Gasteiger partial charge is 0.550 e. The Bertz CT molecular complexity index is 528. The molecular weight excluding hydrogens is 349 g/mol. The quantitative estimate of drug-likeness (QED) is 0.184. The molecule has 0 radical (unpaired) electrons. The number of carbonyl (C=O) groups is 4. The van der Waals surface area contributed by atoms with Gasteiger partial charge in [0.25, 0.3) is 11.8 Å². The van der Waals surface area contributed by atoms with E-state index in [1.54, 1.807) is 12.2 Å². The molecule has 1 atom stereocenters. The first-order chi connectivity index (χ1) is 11.9. The van der Waals surface area contributed by atoms with E-state index in [-0.39, 0.29) is 29.6 Å². The fourth-order valence-electron chi connectivity index (χ4n) is 1.88. The predicted octanol–water partition coefficient (Wildman–Crippen LogP) is -1.75. The zero-order chi connectivity index (χ0) is 19.2. The van der Waals surface area contributed by atoms with Gasteiger partial charge in [0, 0.05) is 12.4 Å². The number of carboxylic acid groups (broad SMARTS) is 1. The molecule has 0 aliphatic rings. The minimum atomic E-state index is -1.64. The van der Waals surface area contributed by atoms with Gasteiger partial charge in [-0.3, -0.25) is 14.5 Å². The van der Waals surface area contributed by atoms with Crippen LogP contribution in [-0.2, 0) is 23.9 Å². The van der Waals surface area contributed by atoms with Crippen molar-refractivity contribution in [3.63, 3.8) is 0 Å². The van der Waals surface area contributed by atoms with E-state index in [9.17, 15) is 24.3 Å². The van der Waals surface area contributed by atoms with Gasteiger partial charge in [0.15, 0.2) is 0 Å². The number of hydrogen-bond donors (Lipinski definition) is 0. The molecule has 0 aliphatic carbocycles. The van der Waals surface area contributed by atoms with Crippen LogP contribution in [0.25, 0.3) is 0 Å². The summed E-state index contributed by atoms with van der Waals surface area (Å²) >= 11 is 0. The summed E-state index contributed by atoms with van der Waals surface area (Å²) < 4.78 is 4.58. The number of nitrogens with zero attached hydrogens (tertiary/aromatic N) is 1. The van der Waals surface area contributed by atoms with Gasteiger partial charge in [-0.2, -0.15) is 0 Å². The number of carboxylic acids is 1. The number of imide groups is 1. The van der Waals surface area contributed by atoms with Crippen molar-refractivity contribution in [1.29, 1.82) is 0 Å². The molecule has 0 saturated heterocycles. The normalized spacial score (nSPS) is 11.6. The second-order valence-corrected chi connectivity index (χ2v) is 5.12. The maximum absolute atomic E-state index is 12.4. The van der Waals surface area contributed by atoms with Crippen molar-refractivity contribution in [2.45, 2.75) is 52.0 Å². The average molecular weight is 373 g/mol. The molecule has 2 amide bonds. The second kappa shape index (κ2) is 15.5. The molecule has 0 saturated carbocycles. The average Bonchev–Trinajstić information content (AvgIpc) is 2.54. The molecule has 8 heteroatoms. The van der Waals surface area contributed by atoms with Crippen LogP contribution in [0.5, 0.6) is 0 Å². The van der Waals surface area contributed by atoms with Crippen molar-refractivity contribution in [3.8, 4) is 0 Å². The van der Waals surface area contributed by atoms with Crippen LogP contribution < -0.4 is 34.7 Å². The summed E-state index contributed by atoms with van der Waals surface area (Å²) in [5.41, 5.74) is 0. The van der Waals surface area contributed by atoms with Crippen molar-refractivity contribution in [2.75, 3.05) is 0 Å². The van der Waals surface area contributed by atoms with Gasteiger partial charge in [0.1, 0.15) is 6.04 Å². The summed E-state index contributed by atoms with van der Waals surface area (Å²) in [6.07, 6.45) is 8.08. The van der Waals surface area contributed by atoms with Crippen LogP contribution in [0.4, 0.5) is 0 Å². The van der Waals surface area contributed by atoms with Crippen LogP contribution in [0.1, 0.15) is 46.0 Å². The Kier molecular flexibility index (Phi) is 15.9. The molecular formula is C18H24NNaO6. The number of rotatable bonds is 11. The number of esters is 1. The van der Waals surface area contributed by atoms with Crippen LogP contribution in [-0.4, -0.2) is 34.7 Å². The largest absolute Gasteiger partial charge is 1.00 e. The first-order valence-electron chi connectivity index (χ1n) is 8.10. The minimum absolute atomic E-state index is 0. The zero-order valence-electron chi connectivity index (χ0n) is 15.6. The number of ether oxygens (including phenoxy) is 1. The van der Waals surface area contributed by atoms with Gasteiger partial charge >= 0.3 is 35.5 Å². The van der Waals surface area contributed by atoms with E-state index in [1.807, 2.05) is 13.8 Å². The SMILES string of the molecule is C=COC(=O)C(CC(=O)[O-])N(C(=O)/C=C/CCC)C(=O)/C=C/CCC.[Na+]. The van der Waals surface area contributed by atoms with Gasteiger partial charge in [-0.05, 0) is 25.0 Å². The third kappa shape index (κ3) is 10.3. The van der Waals surface area contributed by atoms with Crippen LogP contribution in [0.3, 0.4) is 0 Å². The second-order valence-electron chi connectivity index (χ2n) is 5.12. The fraction of sp³-hybridized carbons (Fsp3) is 0.444. The standard InChI is InChI=1S/C18H25NO6.Na/c1-4-7-9-11-15(20)19(16(21)12-10-8-5-2)14(13-17(22)23)18(24)25-6-3;/h6,9-12,14H,3-5,7-8,13H2,1-2H3,(H,22,23);/q;+1/p-1/b11-9+,12-10+;. The summed E-state index contributed by atoms with van der Waals surface area (Å²) in [5, 5.41) is 11.0. The summed E-state index contributed by atoms with van der Waals surface area (Å²) in [5.74, 6) is -4.26. The predicted molar refractivity (Wildman–Crippen MR) is 89.7 cm³/mol. The summed E-state index contributed by atoms with van der Waals surface area (Å²) in [4.78, 5) is 48.3. The van der Waals surface area contributed by atoms with Gasteiger partial charge < -0.3 is 14.6 Å². The molecule has 26 heavy (non-hydrogen) atoms. The molecule has 0 fully saturated rings. The van der Waals surface area contributed by atoms with E-state index in [2.05, 4.69) is 11.3 Å². The number of carbonyl (C=O) groups excluding carboxylic acids is 4. The fourth-order valence-corrected chi connectivity index (χ4v) is 1.88. The summed E-state index contributed by atoms with van der Waals surface area (Å²) in [7, 11) is 0. The number of aliphatic carboxylic acids is 1. The molecule has 0 bridgehead atoms. The van der Waals surface area contributed by atoms with Gasteiger partial charge in [0.2, 0.25) is 0 Å². The first-order valence-corrected chi connectivity index (χ1v) is 8.10. The van der Waals surface area contributed by atoms with Gasteiger partial charge in [-0.15, -0.1) is 0 Å². The Labute approximate surface area is 176 Å². The van der Waals surface area contributed by atoms with Crippen LogP contribution in [0, 0.1) is 0 Å². The first kappa shape index (κ1) is 26.5. The molecule has 7 nitrogen and oxygen atoms in total. The Morgan fingerprint density at radius 2 is 1.50 bits per heavy atom. The number of hydrogen-bond acceptors (Lipinski definition) is 6.